The number of aromatic nitrogens is 4. The molecule has 0 saturated heterocycles. The largest absolute Gasteiger partial charge is 0.420 e. The Balaban J connectivity index is 1.44. The highest BCUT2D eigenvalue weighted by molar-refractivity contribution is 5.77. The number of aryl methyl sites for hydroxylation is 1. The van der Waals surface area contributed by atoms with E-state index in [1.165, 1.54) is 0 Å². The molecule has 0 spiro atoms. The number of nitriles is 1. The number of imidazole rings is 1. The molecule has 3 aromatic carbocycles. The number of benzene rings is 3. The minimum atomic E-state index is 0.452. The van der Waals surface area contributed by atoms with Crippen molar-refractivity contribution in [1.82, 2.24) is 19.7 Å². The summed E-state index contributed by atoms with van der Waals surface area (Å²) < 4.78 is 7.51. The molecular weight excluding hydrogens is 398 g/mol. The summed E-state index contributed by atoms with van der Waals surface area (Å²) in [5.41, 5.74) is 6.66. The maximum absolute atomic E-state index is 9.63. The van der Waals surface area contributed by atoms with Crippen LogP contribution in [-0.4, -0.2) is 19.7 Å². The first-order valence-electron chi connectivity index (χ1n) is 10.2. The summed E-state index contributed by atoms with van der Waals surface area (Å²) in [7, 11) is 0. The fraction of sp³-hybridized carbons (Fsp3) is 0.0769. The van der Waals surface area contributed by atoms with E-state index in [0.29, 0.717) is 23.9 Å². The van der Waals surface area contributed by atoms with Crippen LogP contribution in [0.5, 0.6) is 0 Å². The minimum Gasteiger partial charge on any atom is -0.420 e. The molecule has 0 bridgehead atoms. The Bertz CT molecular complexity index is 1410. The van der Waals surface area contributed by atoms with Gasteiger partial charge >= 0.3 is 0 Å². The molecule has 0 radical (unpaired) electrons. The van der Waals surface area contributed by atoms with Gasteiger partial charge in [-0.05, 0) is 34.4 Å². The van der Waals surface area contributed by atoms with Crippen molar-refractivity contribution in [1.29, 1.82) is 5.26 Å². The van der Waals surface area contributed by atoms with Gasteiger partial charge in [-0.15, -0.1) is 10.2 Å². The van der Waals surface area contributed by atoms with Crippen LogP contribution in [0.3, 0.4) is 0 Å². The van der Waals surface area contributed by atoms with Gasteiger partial charge in [-0.25, -0.2) is 4.98 Å². The molecule has 6 nitrogen and oxygen atoms in total. The summed E-state index contributed by atoms with van der Waals surface area (Å²) in [6, 6.07) is 26.7. The van der Waals surface area contributed by atoms with Crippen molar-refractivity contribution in [3.8, 4) is 39.9 Å². The summed E-state index contributed by atoms with van der Waals surface area (Å²) in [6.07, 6.45) is 3.47. The van der Waals surface area contributed by atoms with E-state index in [1.807, 2.05) is 47.0 Å². The monoisotopic (exact) mass is 417 g/mol. The zero-order valence-corrected chi connectivity index (χ0v) is 17.4. The SMILES string of the molecule is Cc1nnc(-c2cncn2Cc2ccc(-c3cc(-c4ccccc4)ccc3C#N)cc2)o1. The Hall–Kier alpha value is -4.50. The summed E-state index contributed by atoms with van der Waals surface area (Å²) in [6.45, 7) is 2.38. The molecule has 0 amide bonds. The van der Waals surface area contributed by atoms with Crippen molar-refractivity contribution in [3.63, 3.8) is 0 Å². The van der Waals surface area contributed by atoms with E-state index in [4.69, 9.17) is 4.42 Å². The first kappa shape index (κ1) is 19.5. The van der Waals surface area contributed by atoms with E-state index in [2.05, 4.69) is 51.6 Å². The fourth-order valence-corrected chi connectivity index (χ4v) is 3.70. The van der Waals surface area contributed by atoms with Crippen LogP contribution in [0.15, 0.2) is 89.7 Å². The van der Waals surface area contributed by atoms with E-state index < -0.39 is 0 Å². The van der Waals surface area contributed by atoms with E-state index in [9.17, 15) is 5.26 Å². The van der Waals surface area contributed by atoms with Gasteiger partial charge in [0.1, 0.15) is 5.69 Å². The lowest BCUT2D eigenvalue weighted by molar-refractivity contribution is 0.527. The third-order valence-corrected chi connectivity index (χ3v) is 5.32. The molecule has 2 aromatic heterocycles. The lowest BCUT2D eigenvalue weighted by Gasteiger charge is -2.10. The van der Waals surface area contributed by atoms with E-state index in [-0.39, 0.29) is 0 Å². The molecule has 5 aromatic rings. The molecule has 154 valence electrons. The zero-order chi connectivity index (χ0) is 21.9. The van der Waals surface area contributed by atoms with Crippen molar-refractivity contribution >= 4 is 0 Å². The van der Waals surface area contributed by atoms with E-state index >= 15 is 0 Å². The lowest BCUT2D eigenvalue weighted by atomic mass is 9.94. The first-order valence-corrected chi connectivity index (χ1v) is 10.2. The van der Waals surface area contributed by atoms with Gasteiger partial charge in [0.05, 0.1) is 24.2 Å². The van der Waals surface area contributed by atoms with E-state index in [0.717, 1.165) is 33.5 Å². The van der Waals surface area contributed by atoms with Gasteiger partial charge in [-0.1, -0.05) is 60.7 Å². The molecule has 0 unspecified atom stereocenters. The van der Waals surface area contributed by atoms with Gasteiger partial charge < -0.3 is 8.98 Å². The Morgan fingerprint density at radius 1 is 0.906 bits per heavy atom. The van der Waals surface area contributed by atoms with Gasteiger partial charge in [-0.2, -0.15) is 5.26 Å². The van der Waals surface area contributed by atoms with Crippen LogP contribution in [0, 0.1) is 18.3 Å². The van der Waals surface area contributed by atoms with Gasteiger partial charge in [0, 0.05) is 19.0 Å². The molecule has 0 aliphatic carbocycles. The van der Waals surface area contributed by atoms with Crippen molar-refractivity contribution in [2.75, 3.05) is 0 Å². The molecule has 0 aliphatic heterocycles. The van der Waals surface area contributed by atoms with Crippen LogP contribution in [0.2, 0.25) is 0 Å². The summed E-state index contributed by atoms with van der Waals surface area (Å²) >= 11 is 0. The normalized spacial score (nSPS) is 10.8. The van der Waals surface area contributed by atoms with Crippen LogP contribution in [0.1, 0.15) is 17.0 Å². The molecule has 0 N–H and O–H groups in total. The summed E-state index contributed by atoms with van der Waals surface area (Å²) in [4.78, 5) is 4.23. The second kappa shape index (κ2) is 8.32. The molecule has 2 heterocycles. The number of hydrogen-bond acceptors (Lipinski definition) is 5. The smallest absolute Gasteiger partial charge is 0.265 e. The highest BCUT2D eigenvalue weighted by atomic mass is 16.4. The molecule has 0 fully saturated rings. The second-order valence-electron chi connectivity index (χ2n) is 7.47. The number of hydrogen-bond donors (Lipinski definition) is 0. The predicted molar refractivity (Wildman–Crippen MR) is 121 cm³/mol. The number of rotatable bonds is 5. The molecule has 5 rings (SSSR count). The van der Waals surface area contributed by atoms with Gasteiger partial charge in [0.25, 0.3) is 5.89 Å². The first-order chi connectivity index (χ1) is 15.7. The van der Waals surface area contributed by atoms with Crippen molar-refractivity contribution in [2.24, 2.45) is 0 Å². The van der Waals surface area contributed by atoms with Gasteiger partial charge in [0.2, 0.25) is 5.89 Å². The highest BCUT2D eigenvalue weighted by Crippen LogP contribution is 2.30. The predicted octanol–water partition coefficient (Wildman–Crippen LogP) is 5.50. The van der Waals surface area contributed by atoms with Crippen LogP contribution in [-0.2, 0) is 6.54 Å². The van der Waals surface area contributed by atoms with Gasteiger partial charge in [0.15, 0.2) is 0 Å². The van der Waals surface area contributed by atoms with Gasteiger partial charge in [-0.3, -0.25) is 0 Å². The van der Waals surface area contributed by atoms with Crippen LogP contribution < -0.4 is 0 Å². The maximum Gasteiger partial charge on any atom is 0.265 e. The van der Waals surface area contributed by atoms with Crippen molar-refractivity contribution in [3.05, 3.63) is 102 Å². The summed E-state index contributed by atoms with van der Waals surface area (Å²) in [5.74, 6) is 0.969. The molecule has 0 saturated carbocycles. The molecule has 0 aliphatic rings. The van der Waals surface area contributed by atoms with Crippen LogP contribution in [0.4, 0.5) is 0 Å². The zero-order valence-electron chi connectivity index (χ0n) is 17.4. The van der Waals surface area contributed by atoms with E-state index in [1.54, 1.807) is 19.4 Å². The highest BCUT2D eigenvalue weighted by Gasteiger charge is 2.13. The Labute approximate surface area is 185 Å². The Kier molecular flexibility index (Phi) is 5.06. The molecule has 6 heteroatoms. The van der Waals surface area contributed by atoms with Crippen LogP contribution in [0.25, 0.3) is 33.8 Å². The third-order valence-electron chi connectivity index (χ3n) is 5.32. The van der Waals surface area contributed by atoms with Crippen LogP contribution >= 0.6 is 0 Å². The minimum absolute atomic E-state index is 0.452. The summed E-state index contributed by atoms with van der Waals surface area (Å²) in [5, 5.41) is 17.6. The topological polar surface area (TPSA) is 80.5 Å². The quantitative estimate of drug-likeness (QED) is 0.377. The molecule has 32 heavy (non-hydrogen) atoms. The van der Waals surface area contributed by atoms with Crippen molar-refractivity contribution < 1.29 is 4.42 Å². The standard InChI is InChI=1S/C26H19N5O/c1-18-29-30-26(32-18)25-15-28-17-31(25)16-19-7-9-21(10-8-19)24-13-22(11-12-23(24)14-27)20-5-3-2-4-6-20/h2-13,15,17H,16H2,1H3. The Morgan fingerprint density at radius 3 is 2.41 bits per heavy atom. The average Bonchev–Trinajstić information content (AvgIpc) is 3.48. The maximum atomic E-state index is 9.63. The lowest BCUT2D eigenvalue weighted by Crippen LogP contribution is -2.00. The second-order valence-corrected chi connectivity index (χ2v) is 7.47. The average molecular weight is 417 g/mol. The number of nitrogens with zero attached hydrogens (tertiary/aromatic N) is 5. The Morgan fingerprint density at radius 2 is 1.69 bits per heavy atom. The molecule has 0 atom stereocenters. The fourth-order valence-electron chi connectivity index (χ4n) is 3.70. The van der Waals surface area contributed by atoms with Crippen molar-refractivity contribution in [2.45, 2.75) is 13.5 Å². The third kappa shape index (κ3) is 3.80. The molecular formula is C26H19N5O.